The molecule has 0 spiro atoms. The first-order valence-corrected chi connectivity index (χ1v) is 5.54. The Bertz CT molecular complexity index is 346. The lowest BCUT2D eigenvalue weighted by Crippen LogP contribution is -2.11. The highest BCUT2D eigenvalue weighted by atomic mass is 16.5. The molecule has 15 heavy (non-hydrogen) atoms. The zero-order chi connectivity index (χ0) is 10.8. The molecule has 1 N–H and O–H groups in total. The first-order valence-electron chi connectivity index (χ1n) is 5.54. The molecule has 2 heteroatoms. The van der Waals surface area contributed by atoms with Crippen molar-refractivity contribution in [2.24, 2.45) is 5.92 Å². The summed E-state index contributed by atoms with van der Waals surface area (Å²) in [5.74, 6) is 1.76. The number of rotatable bonds is 3. The van der Waals surface area contributed by atoms with Crippen molar-refractivity contribution in [2.45, 2.75) is 25.7 Å². The zero-order valence-corrected chi connectivity index (χ0v) is 9.36. The molecule has 0 heterocycles. The van der Waals surface area contributed by atoms with E-state index in [9.17, 15) is 5.11 Å². The van der Waals surface area contributed by atoms with Crippen molar-refractivity contribution in [1.82, 2.24) is 0 Å². The van der Waals surface area contributed by atoms with Gasteiger partial charge in [0.2, 0.25) is 0 Å². The van der Waals surface area contributed by atoms with E-state index in [0.717, 1.165) is 18.6 Å². The Kier molecular flexibility index (Phi) is 2.96. The molecule has 0 bridgehead atoms. The Morgan fingerprint density at radius 3 is 3.00 bits per heavy atom. The molecule has 1 aliphatic rings. The van der Waals surface area contributed by atoms with Crippen molar-refractivity contribution in [2.75, 3.05) is 13.7 Å². The topological polar surface area (TPSA) is 29.5 Å². The Balaban J connectivity index is 2.39. The molecule has 0 amide bonds. The summed E-state index contributed by atoms with van der Waals surface area (Å²) < 4.78 is 5.40. The van der Waals surface area contributed by atoms with Crippen LogP contribution in [0.4, 0.5) is 0 Å². The Labute approximate surface area is 90.9 Å². The van der Waals surface area contributed by atoms with Crippen LogP contribution in [0.5, 0.6) is 5.75 Å². The number of fused-ring (bicyclic) bond motifs is 1. The standard InChI is InChI=1S/C13H18O2/c1-9(8-14)11-7-6-10-4-3-5-12(15-2)13(10)11/h3-5,9,11,14H,6-8H2,1-2H3. The average Bonchev–Trinajstić information content (AvgIpc) is 2.71. The Morgan fingerprint density at radius 1 is 1.53 bits per heavy atom. The van der Waals surface area contributed by atoms with Crippen LogP contribution in [0, 0.1) is 5.92 Å². The summed E-state index contributed by atoms with van der Waals surface area (Å²) in [6, 6.07) is 6.23. The fourth-order valence-electron chi connectivity index (χ4n) is 2.56. The van der Waals surface area contributed by atoms with Crippen molar-refractivity contribution in [3.8, 4) is 5.75 Å². The highest BCUT2D eigenvalue weighted by molar-refractivity contribution is 5.46. The summed E-state index contributed by atoms with van der Waals surface area (Å²) in [6.45, 7) is 2.36. The maximum Gasteiger partial charge on any atom is 0.122 e. The molecule has 1 aromatic carbocycles. The van der Waals surface area contributed by atoms with Gasteiger partial charge >= 0.3 is 0 Å². The number of hydrogen-bond acceptors (Lipinski definition) is 2. The second kappa shape index (κ2) is 4.23. The molecule has 0 fully saturated rings. The highest BCUT2D eigenvalue weighted by Crippen LogP contribution is 2.43. The third kappa shape index (κ3) is 1.74. The number of aryl methyl sites for hydroxylation is 1. The van der Waals surface area contributed by atoms with Gasteiger partial charge in [-0.05, 0) is 36.3 Å². The smallest absolute Gasteiger partial charge is 0.122 e. The van der Waals surface area contributed by atoms with Crippen LogP contribution in [0.1, 0.15) is 30.4 Å². The lowest BCUT2D eigenvalue weighted by atomic mass is 9.89. The molecule has 0 saturated heterocycles. The van der Waals surface area contributed by atoms with Gasteiger partial charge in [-0.1, -0.05) is 19.1 Å². The molecular formula is C13H18O2. The van der Waals surface area contributed by atoms with Gasteiger partial charge in [0.1, 0.15) is 5.75 Å². The third-order valence-electron chi connectivity index (χ3n) is 3.45. The minimum atomic E-state index is 0.252. The Hall–Kier alpha value is -1.02. The summed E-state index contributed by atoms with van der Waals surface area (Å²) >= 11 is 0. The summed E-state index contributed by atoms with van der Waals surface area (Å²) in [6.07, 6.45) is 2.25. The summed E-state index contributed by atoms with van der Waals surface area (Å²) in [5, 5.41) is 9.24. The molecule has 2 unspecified atom stereocenters. The molecule has 2 nitrogen and oxygen atoms in total. The number of aliphatic hydroxyl groups is 1. The molecule has 0 aliphatic heterocycles. The number of aliphatic hydroxyl groups excluding tert-OH is 1. The molecule has 2 atom stereocenters. The first-order chi connectivity index (χ1) is 7.27. The van der Waals surface area contributed by atoms with E-state index >= 15 is 0 Å². The van der Waals surface area contributed by atoms with E-state index in [4.69, 9.17) is 4.74 Å². The van der Waals surface area contributed by atoms with E-state index in [1.807, 2.05) is 12.1 Å². The van der Waals surface area contributed by atoms with Crippen LogP contribution in [-0.4, -0.2) is 18.8 Å². The maximum atomic E-state index is 9.24. The van der Waals surface area contributed by atoms with Gasteiger partial charge in [0.15, 0.2) is 0 Å². The fourth-order valence-corrected chi connectivity index (χ4v) is 2.56. The minimum absolute atomic E-state index is 0.252. The van der Waals surface area contributed by atoms with E-state index in [2.05, 4.69) is 13.0 Å². The Morgan fingerprint density at radius 2 is 2.33 bits per heavy atom. The van der Waals surface area contributed by atoms with Gasteiger partial charge < -0.3 is 9.84 Å². The third-order valence-corrected chi connectivity index (χ3v) is 3.45. The summed E-state index contributed by atoms with van der Waals surface area (Å²) in [4.78, 5) is 0. The van der Waals surface area contributed by atoms with Crippen LogP contribution in [0.3, 0.4) is 0 Å². The van der Waals surface area contributed by atoms with Crippen LogP contribution < -0.4 is 4.74 Å². The predicted molar refractivity (Wildman–Crippen MR) is 60.3 cm³/mol. The molecule has 1 aliphatic carbocycles. The second-order valence-electron chi connectivity index (χ2n) is 4.34. The van der Waals surface area contributed by atoms with Gasteiger partial charge in [-0.3, -0.25) is 0 Å². The number of benzene rings is 1. The van der Waals surface area contributed by atoms with E-state index in [1.165, 1.54) is 11.1 Å². The maximum absolute atomic E-state index is 9.24. The van der Waals surface area contributed by atoms with Crippen molar-refractivity contribution in [1.29, 1.82) is 0 Å². The van der Waals surface area contributed by atoms with Crippen LogP contribution in [0.25, 0.3) is 0 Å². The van der Waals surface area contributed by atoms with Gasteiger partial charge in [-0.2, -0.15) is 0 Å². The van der Waals surface area contributed by atoms with Crippen LogP contribution in [0.2, 0.25) is 0 Å². The average molecular weight is 206 g/mol. The number of hydrogen-bond donors (Lipinski definition) is 1. The molecule has 0 saturated carbocycles. The van der Waals surface area contributed by atoms with E-state index in [0.29, 0.717) is 11.8 Å². The quantitative estimate of drug-likeness (QED) is 0.822. The van der Waals surface area contributed by atoms with Crippen molar-refractivity contribution in [3.05, 3.63) is 29.3 Å². The van der Waals surface area contributed by atoms with Gasteiger partial charge in [0.25, 0.3) is 0 Å². The molecule has 0 aromatic heterocycles. The van der Waals surface area contributed by atoms with Gasteiger partial charge in [0.05, 0.1) is 7.11 Å². The number of ether oxygens (including phenoxy) is 1. The lowest BCUT2D eigenvalue weighted by Gasteiger charge is -2.20. The predicted octanol–water partition coefficient (Wildman–Crippen LogP) is 2.35. The molecule has 82 valence electrons. The fraction of sp³-hybridized carbons (Fsp3) is 0.538. The molecule has 1 aromatic rings. The van der Waals surface area contributed by atoms with Crippen molar-refractivity contribution in [3.63, 3.8) is 0 Å². The lowest BCUT2D eigenvalue weighted by molar-refractivity contribution is 0.214. The summed E-state index contributed by atoms with van der Waals surface area (Å²) in [5.41, 5.74) is 2.71. The van der Waals surface area contributed by atoms with Gasteiger partial charge in [-0.25, -0.2) is 0 Å². The number of methoxy groups -OCH3 is 1. The van der Waals surface area contributed by atoms with Gasteiger partial charge in [-0.15, -0.1) is 0 Å². The zero-order valence-electron chi connectivity index (χ0n) is 9.36. The highest BCUT2D eigenvalue weighted by Gasteiger charge is 2.29. The monoisotopic (exact) mass is 206 g/mol. The van der Waals surface area contributed by atoms with E-state index in [1.54, 1.807) is 7.11 Å². The van der Waals surface area contributed by atoms with Crippen LogP contribution >= 0.6 is 0 Å². The second-order valence-corrected chi connectivity index (χ2v) is 4.34. The minimum Gasteiger partial charge on any atom is -0.496 e. The van der Waals surface area contributed by atoms with Gasteiger partial charge in [0, 0.05) is 12.2 Å². The molecule has 0 radical (unpaired) electrons. The first kappa shape index (κ1) is 10.5. The van der Waals surface area contributed by atoms with E-state index < -0.39 is 0 Å². The largest absolute Gasteiger partial charge is 0.496 e. The SMILES string of the molecule is COc1cccc2c1C(C(C)CO)CC2. The molecule has 2 rings (SSSR count). The van der Waals surface area contributed by atoms with Crippen LogP contribution in [-0.2, 0) is 6.42 Å². The summed E-state index contributed by atoms with van der Waals surface area (Å²) in [7, 11) is 1.72. The van der Waals surface area contributed by atoms with E-state index in [-0.39, 0.29) is 6.61 Å². The normalized spacial score (nSPS) is 21.1. The van der Waals surface area contributed by atoms with Crippen molar-refractivity contribution < 1.29 is 9.84 Å². The van der Waals surface area contributed by atoms with Crippen molar-refractivity contribution >= 4 is 0 Å². The molecular weight excluding hydrogens is 188 g/mol. The van der Waals surface area contributed by atoms with Crippen LogP contribution in [0.15, 0.2) is 18.2 Å².